The zero-order chi connectivity index (χ0) is 24.4. The van der Waals surface area contributed by atoms with Gasteiger partial charge in [0.05, 0.1) is 24.3 Å². The molecule has 0 N–H and O–H groups in total. The molecule has 0 aromatic heterocycles. The highest BCUT2D eigenvalue weighted by Crippen LogP contribution is 2.41. The van der Waals surface area contributed by atoms with E-state index in [2.05, 4.69) is 20.1 Å². The van der Waals surface area contributed by atoms with Crippen LogP contribution in [-0.4, -0.2) is 66.9 Å². The van der Waals surface area contributed by atoms with Crippen LogP contribution in [-0.2, 0) is 33.2 Å². The van der Waals surface area contributed by atoms with Crippen LogP contribution in [0.3, 0.4) is 0 Å². The molecule has 0 spiro atoms. The Bertz CT molecular complexity index is 813. The van der Waals surface area contributed by atoms with E-state index >= 15 is 0 Å². The van der Waals surface area contributed by atoms with E-state index in [0.717, 1.165) is 12.7 Å². The molecule has 184 valence electrons. The summed E-state index contributed by atoms with van der Waals surface area (Å²) < 4.78 is 33.8. The molecule has 4 fully saturated rings. The van der Waals surface area contributed by atoms with Gasteiger partial charge < -0.3 is 33.2 Å². The Hall–Kier alpha value is -1.95. The second kappa shape index (κ2) is 10.1. The van der Waals surface area contributed by atoms with Crippen molar-refractivity contribution in [3.8, 4) is 0 Å². The summed E-state index contributed by atoms with van der Waals surface area (Å²) in [6.45, 7) is 11.0. The molecule has 0 aliphatic carbocycles. The number of nitrogens with zero attached hydrogens (tertiary/aromatic N) is 6. The van der Waals surface area contributed by atoms with Crippen LogP contribution in [0, 0.1) is 5.92 Å². The van der Waals surface area contributed by atoms with Gasteiger partial charge in [-0.1, -0.05) is 24.1 Å². The van der Waals surface area contributed by atoms with E-state index in [9.17, 15) is 4.79 Å². The van der Waals surface area contributed by atoms with Gasteiger partial charge >= 0.3 is 0 Å². The predicted molar refractivity (Wildman–Crippen MR) is 113 cm³/mol. The number of aldehydes is 1. The minimum atomic E-state index is -0.736. The molecule has 33 heavy (non-hydrogen) atoms. The number of hydrogen-bond acceptors (Lipinski definition) is 9. The van der Waals surface area contributed by atoms with Gasteiger partial charge in [0.15, 0.2) is 24.2 Å². The van der Waals surface area contributed by atoms with Crippen molar-refractivity contribution in [2.75, 3.05) is 0 Å². The van der Waals surface area contributed by atoms with Crippen molar-refractivity contribution in [3.05, 3.63) is 20.9 Å². The molecule has 4 aliphatic heterocycles. The zero-order valence-electron chi connectivity index (χ0n) is 19.7. The van der Waals surface area contributed by atoms with Gasteiger partial charge in [0.2, 0.25) is 0 Å². The number of carbonyl (C=O) groups excluding carboxylic acids is 1. The van der Waals surface area contributed by atoms with Crippen LogP contribution in [0.5, 0.6) is 0 Å². The third kappa shape index (κ3) is 5.76. The van der Waals surface area contributed by atoms with Crippen molar-refractivity contribution in [2.45, 2.75) is 115 Å². The molecule has 9 unspecified atom stereocenters. The van der Waals surface area contributed by atoms with Crippen molar-refractivity contribution in [3.63, 3.8) is 0 Å². The minimum absolute atomic E-state index is 0.105. The van der Waals surface area contributed by atoms with Gasteiger partial charge in [0.25, 0.3) is 0 Å². The second-order valence-electron chi connectivity index (χ2n) is 9.43. The van der Waals surface area contributed by atoms with Gasteiger partial charge in [-0.05, 0) is 51.6 Å². The monoisotopic (exact) mass is 468 g/mol. The number of rotatable bonds is 6. The molecule has 13 nitrogen and oxygen atoms in total. The minimum Gasteiger partial charge on any atom is -0.346 e. The lowest BCUT2D eigenvalue weighted by Gasteiger charge is -2.23. The second-order valence-corrected chi connectivity index (χ2v) is 9.43. The highest BCUT2D eigenvalue weighted by atomic mass is 16.8. The quantitative estimate of drug-likeness (QED) is 0.247. The van der Waals surface area contributed by atoms with Crippen molar-refractivity contribution < 1.29 is 33.2 Å². The first kappa shape index (κ1) is 25.7. The van der Waals surface area contributed by atoms with Crippen molar-refractivity contribution in [1.82, 2.24) is 0 Å². The van der Waals surface area contributed by atoms with Gasteiger partial charge in [-0.3, -0.25) is 0 Å². The molecule has 9 atom stereocenters. The summed E-state index contributed by atoms with van der Waals surface area (Å²) in [6.07, 6.45) is 0.0764. The van der Waals surface area contributed by atoms with Crippen LogP contribution in [0.25, 0.3) is 20.9 Å². The number of azide groups is 2. The Morgan fingerprint density at radius 1 is 0.879 bits per heavy atom. The Morgan fingerprint density at radius 2 is 1.33 bits per heavy atom. The van der Waals surface area contributed by atoms with Gasteiger partial charge in [0.1, 0.15) is 18.5 Å². The fraction of sp³-hybridized carbons (Fsp3) is 0.950. The average molecular weight is 469 g/mol. The highest BCUT2D eigenvalue weighted by molar-refractivity contribution is 5.52. The normalized spacial score (nSPS) is 40.4. The number of carbonyl (C=O) groups is 1. The van der Waals surface area contributed by atoms with Crippen LogP contribution < -0.4 is 0 Å². The molecular weight excluding hydrogens is 436 g/mol. The summed E-state index contributed by atoms with van der Waals surface area (Å²) in [5.41, 5.74) is 17.1. The van der Waals surface area contributed by atoms with Crippen molar-refractivity contribution >= 4 is 6.29 Å². The lowest BCUT2D eigenvalue weighted by molar-refractivity contribution is -0.207. The van der Waals surface area contributed by atoms with Crippen LogP contribution >= 0.6 is 0 Å². The molecule has 0 saturated carbocycles. The SMILES string of the molecule is CC(C=O)CC1OC2OC(C)(C)OC2C1N=[N+]=[N-].CCC1OC2OC(C)(C)OC2C1N=[N+]=[N-]. The molecule has 0 aromatic carbocycles. The maximum Gasteiger partial charge on any atom is 0.187 e. The van der Waals surface area contributed by atoms with E-state index in [1.165, 1.54) is 0 Å². The van der Waals surface area contributed by atoms with Crippen LogP contribution in [0.1, 0.15) is 54.4 Å². The molecule has 0 radical (unpaired) electrons. The smallest absolute Gasteiger partial charge is 0.187 e. The van der Waals surface area contributed by atoms with E-state index in [1.807, 2.05) is 20.8 Å². The topological polar surface area (TPSA) is 170 Å². The van der Waals surface area contributed by atoms with Gasteiger partial charge in [-0.15, -0.1) is 0 Å². The highest BCUT2D eigenvalue weighted by Gasteiger charge is 2.55. The van der Waals surface area contributed by atoms with Crippen LogP contribution in [0.2, 0.25) is 0 Å². The van der Waals surface area contributed by atoms with E-state index < -0.39 is 36.3 Å². The number of ether oxygens (including phenoxy) is 6. The van der Waals surface area contributed by atoms with Crippen LogP contribution in [0.4, 0.5) is 0 Å². The molecule has 4 rings (SSSR count). The van der Waals surface area contributed by atoms with E-state index in [1.54, 1.807) is 20.8 Å². The molecule has 4 heterocycles. The molecule has 13 heteroatoms. The third-order valence-corrected chi connectivity index (χ3v) is 5.84. The summed E-state index contributed by atoms with van der Waals surface area (Å²) in [5.74, 6) is -1.55. The summed E-state index contributed by atoms with van der Waals surface area (Å²) in [5, 5.41) is 7.47. The number of fused-ring (bicyclic) bond motifs is 2. The lowest BCUT2D eigenvalue weighted by atomic mass is 9.99. The standard InChI is InChI=1S/C11H17N3O4.C9H15N3O3/c1-6(5-15)4-7-8(13-14-12)9-10(16-7)18-11(2,3)17-9;1-4-5-6(11-12-10)7-8(13-5)15-9(2,3)14-7/h5-10H,4H2,1-3H3;5-8H,4H2,1-3H3. The molecule has 0 aromatic rings. The fourth-order valence-corrected chi connectivity index (χ4v) is 4.47. The Labute approximate surface area is 192 Å². The molecule has 4 aliphatic rings. The van der Waals surface area contributed by atoms with E-state index in [0.29, 0.717) is 6.42 Å². The summed E-state index contributed by atoms with van der Waals surface area (Å²) in [6, 6.07) is -0.740. The predicted octanol–water partition coefficient (Wildman–Crippen LogP) is 3.72. The number of hydrogen-bond donors (Lipinski definition) is 0. The average Bonchev–Trinajstić information content (AvgIpc) is 3.40. The first-order chi connectivity index (χ1) is 15.5. The summed E-state index contributed by atoms with van der Waals surface area (Å²) in [4.78, 5) is 16.3. The molecule has 0 amide bonds. The van der Waals surface area contributed by atoms with Gasteiger partial charge in [0, 0.05) is 15.7 Å². The van der Waals surface area contributed by atoms with Crippen LogP contribution in [0.15, 0.2) is 10.2 Å². The van der Waals surface area contributed by atoms with Crippen molar-refractivity contribution in [2.24, 2.45) is 16.1 Å². The Morgan fingerprint density at radius 3 is 1.76 bits per heavy atom. The summed E-state index contributed by atoms with van der Waals surface area (Å²) in [7, 11) is 0. The first-order valence-corrected chi connectivity index (χ1v) is 11.1. The fourth-order valence-electron chi connectivity index (χ4n) is 4.47. The molecule has 0 bridgehead atoms. The molecule has 4 saturated heterocycles. The maximum atomic E-state index is 10.7. The largest absolute Gasteiger partial charge is 0.346 e. The Kier molecular flexibility index (Phi) is 7.87. The zero-order valence-corrected chi connectivity index (χ0v) is 19.7. The first-order valence-electron chi connectivity index (χ1n) is 11.1. The van der Waals surface area contributed by atoms with Crippen molar-refractivity contribution in [1.29, 1.82) is 0 Å². The van der Waals surface area contributed by atoms with E-state index in [-0.39, 0.29) is 30.3 Å². The van der Waals surface area contributed by atoms with E-state index in [4.69, 9.17) is 39.5 Å². The lowest BCUT2D eigenvalue weighted by Crippen LogP contribution is -2.33. The Balaban J connectivity index is 0.000000189. The maximum absolute atomic E-state index is 10.7. The molecular formula is C20H32N6O7. The van der Waals surface area contributed by atoms with Gasteiger partial charge in [-0.2, -0.15) is 0 Å². The summed E-state index contributed by atoms with van der Waals surface area (Å²) >= 11 is 0. The third-order valence-electron chi connectivity index (χ3n) is 5.84. The van der Waals surface area contributed by atoms with Gasteiger partial charge in [-0.25, -0.2) is 0 Å².